The van der Waals surface area contributed by atoms with E-state index >= 15 is 0 Å². The highest BCUT2D eigenvalue weighted by molar-refractivity contribution is 7.10. The zero-order valence-corrected chi connectivity index (χ0v) is 20.5. The topological polar surface area (TPSA) is 95.5 Å². The maximum absolute atomic E-state index is 6.00. The molecule has 1 aliphatic rings. The van der Waals surface area contributed by atoms with Gasteiger partial charge in [0.1, 0.15) is 5.82 Å². The molecule has 2 aromatic heterocycles. The zero-order chi connectivity index (χ0) is 22.5. The first-order valence-corrected chi connectivity index (χ1v) is 12.5. The second-order valence-corrected chi connectivity index (χ2v) is 10.2. The smallest absolute Gasteiger partial charge is 0.236 e. The molecule has 1 aliphatic carbocycles. The quantitative estimate of drug-likeness (QED) is 0.417. The van der Waals surface area contributed by atoms with Crippen molar-refractivity contribution in [3.8, 4) is 0 Å². The summed E-state index contributed by atoms with van der Waals surface area (Å²) < 4.78 is 4.13. The zero-order valence-electron chi connectivity index (χ0n) is 18.9. The van der Waals surface area contributed by atoms with Crippen LogP contribution in [0.15, 0.2) is 18.2 Å². The van der Waals surface area contributed by atoms with Crippen LogP contribution in [0.5, 0.6) is 0 Å². The molecule has 0 aliphatic heterocycles. The number of anilines is 3. The van der Waals surface area contributed by atoms with E-state index in [1.807, 2.05) is 0 Å². The van der Waals surface area contributed by atoms with Crippen LogP contribution in [-0.2, 0) is 6.42 Å². The predicted molar refractivity (Wildman–Crippen MR) is 130 cm³/mol. The number of benzene rings is 1. The fourth-order valence-electron chi connectivity index (χ4n) is 4.49. The van der Waals surface area contributed by atoms with Gasteiger partial charge in [-0.1, -0.05) is 46.1 Å². The highest BCUT2D eigenvalue weighted by Crippen LogP contribution is 2.37. The Morgan fingerprint density at radius 2 is 2.03 bits per heavy atom. The van der Waals surface area contributed by atoms with Crippen molar-refractivity contribution in [3.63, 3.8) is 0 Å². The average molecular weight is 475 g/mol. The van der Waals surface area contributed by atoms with Gasteiger partial charge in [-0.05, 0) is 64.4 Å². The van der Waals surface area contributed by atoms with E-state index in [1.54, 1.807) is 0 Å². The minimum Gasteiger partial charge on any atom is -0.367 e. The Bertz CT molecular complexity index is 984. The summed E-state index contributed by atoms with van der Waals surface area (Å²) in [4.78, 5) is 6.93. The van der Waals surface area contributed by atoms with Crippen LogP contribution in [0.4, 0.5) is 16.5 Å². The van der Waals surface area contributed by atoms with E-state index in [0.29, 0.717) is 17.1 Å². The molecule has 3 aromatic rings. The first kappa shape index (κ1) is 22.9. The Hall–Kier alpha value is -2.26. The molecule has 0 saturated heterocycles. The predicted octanol–water partition coefficient (Wildman–Crippen LogP) is 5.59. The van der Waals surface area contributed by atoms with Crippen LogP contribution in [0.2, 0.25) is 5.28 Å². The van der Waals surface area contributed by atoms with E-state index in [2.05, 4.69) is 79.2 Å². The van der Waals surface area contributed by atoms with Crippen LogP contribution in [-0.4, -0.2) is 42.6 Å². The average Bonchev–Trinajstić information content (AvgIpc) is 3.44. The summed E-state index contributed by atoms with van der Waals surface area (Å²) >= 11 is 7.27. The summed E-state index contributed by atoms with van der Waals surface area (Å²) in [5.74, 6) is 1.61. The van der Waals surface area contributed by atoms with Gasteiger partial charge in [-0.15, -0.1) is 5.10 Å². The second kappa shape index (κ2) is 10.6. The van der Waals surface area contributed by atoms with Crippen molar-refractivity contribution in [2.75, 3.05) is 16.8 Å². The molecular weight excluding hydrogens is 444 g/mol. The van der Waals surface area contributed by atoms with E-state index < -0.39 is 0 Å². The van der Waals surface area contributed by atoms with Crippen molar-refractivity contribution in [2.45, 2.75) is 71.3 Å². The van der Waals surface area contributed by atoms with E-state index in [4.69, 9.17) is 11.6 Å². The first-order chi connectivity index (χ1) is 15.5. The molecule has 2 N–H and O–H groups in total. The van der Waals surface area contributed by atoms with Gasteiger partial charge in [-0.3, -0.25) is 0 Å². The summed E-state index contributed by atoms with van der Waals surface area (Å²) in [6.07, 6.45) is 7.17. The lowest BCUT2D eigenvalue weighted by molar-refractivity contribution is 0.401. The molecule has 0 spiro atoms. The van der Waals surface area contributed by atoms with Crippen LogP contribution in [0.1, 0.15) is 70.2 Å². The third kappa shape index (κ3) is 5.75. The summed E-state index contributed by atoms with van der Waals surface area (Å²) in [6, 6.07) is 7.29. The molecule has 0 bridgehead atoms. The van der Waals surface area contributed by atoms with Crippen LogP contribution >= 0.6 is 23.1 Å². The molecule has 0 unspecified atom stereocenters. The number of nitrogens with one attached hydrogen (secondary N) is 2. The van der Waals surface area contributed by atoms with Gasteiger partial charge in [0.05, 0.1) is 11.4 Å². The molecule has 0 radical (unpaired) electrons. The van der Waals surface area contributed by atoms with Gasteiger partial charge in [-0.25, -0.2) is 5.10 Å². The maximum Gasteiger partial charge on any atom is 0.236 e. The van der Waals surface area contributed by atoms with Crippen molar-refractivity contribution in [3.05, 3.63) is 34.9 Å². The Morgan fingerprint density at radius 1 is 1.22 bits per heavy atom. The third-order valence-corrected chi connectivity index (χ3v) is 6.91. The summed E-state index contributed by atoms with van der Waals surface area (Å²) in [5.41, 5.74) is 3.48. The van der Waals surface area contributed by atoms with Crippen LogP contribution in [0, 0.1) is 5.92 Å². The lowest BCUT2D eigenvalue weighted by atomic mass is 9.92. The van der Waals surface area contributed by atoms with Crippen LogP contribution in [0.25, 0.3) is 0 Å². The Kier molecular flexibility index (Phi) is 7.57. The van der Waals surface area contributed by atoms with Crippen molar-refractivity contribution in [1.82, 2.24) is 30.0 Å². The third-order valence-electron chi connectivity index (χ3n) is 6.01. The monoisotopic (exact) mass is 474 g/mol. The first-order valence-electron chi connectivity index (χ1n) is 11.4. The maximum atomic E-state index is 6.00. The number of halogens is 1. The summed E-state index contributed by atoms with van der Waals surface area (Å²) in [6.45, 7) is 7.79. The van der Waals surface area contributed by atoms with Crippen molar-refractivity contribution in [1.29, 1.82) is 0 Å². The standard InChI is InChI=1S/C22H31ClN8S/c1-14(2)13-31(17-7-5-4-6-8-17)19-10-9-16(15(3)11-20-26-29-30-27-20)12-18(19)24-22-25-21(23)28-32-22/h9-10,12,14-15,17H,4-8,11,13H2,1-3H3,(H,24,25,28)(H,26,27,29,30)/t15-/m1/s1. The molecule has 8 nitrogen and oxygen atoms in total. The number of hydrogen-bond acceptors (Lipinski definition) is 8. The lowest BCUT2D eigenvalue weighted by Crippen LogP contribution is -2.39. The number of aromatic nitrogens is 6. The molecule has 0 amide bonds. The molecule has 32 heavy (non-hydrogen) atoms. The molecule has 172 valence electrons. The van der Waals surface area contributed by atoms with Crippen molar-refractivity contribution >= 4 is 39.6 Å². The van der Waals surface area contributed by atoms with E-state index in [1.165, 1.54) is 54.9 Å². The normalized spacial score (nSPS) is 15.8. The number of tetrazole rings is 1. The van der Waals surface area contributed by atoms with Gasteiger partial charge >= 0.3 is 0 Å². The minimum atomic E-state index is 0.255. The van der Waals surface area contributed by atoms with Crippen LogP contribution in [0.3, 0.4) is 0 Å². The number of H-pyrrole nitrogens is 1. The number of nitrogens with zero attached hydrogens (tertiary/aromatic N) is 6. The number of hydrogen-bond donors (Lipinski definition) is 2. The van der Waals surface area contributed by atoms with Gasteiger partial charge in [0.25, 0.3) is 0 Å². The number of aromatic amines is 1. The van der Waals surface area contributed by atoms with Gasteiger partial charge in [0, 0.05) is 30.5 Å². The van der Waals surface area contributed by atoms with Gasteiger partial charge in [0.2, 0.25) is 10.4 Å². The molecule has 1 aromatic carbocycles. The fraction of sp³-hybridized carbons (Fsp3) is 0.591. The molecule has 2 heterocycles. The molecule has 1 saturated carbocycles. The van der Waals surface area contributed by atoms with E-state index in [9.17, 15) is 0 Å². The summed E-state index contributed by atoms with van der Waals surface area (Å²) in [7, 11) is 0. The van der Waals surface area contributed by atoms with Crippen molar-refractivity contribution < 1.29 is 0 Å². The Balaban J connectivity index is 1.68. The second-order valence-electron chi connectivity index (χ2n) is 9.06. The van der Waals surface area contributed by atoms with Gasteiger partial charge in [0.15, 0.2) is 0 Å². The Morgan fingerprint density at radius 3 is 2.69 bits per heavy atom. The highest BCUT2D eigenvalue weighted by Gasteiger charge is 2.25. The Labute approximate surface area is 198 Å². The molecule has 1 fully saturated rings. The SMILES string of the molecule is CC(C)CN(c1ccc([C@H](C)Cc2nnn[nH]2)cc1Nc1nc(Cl)ns1)C1CCCCC1. The van der Waals surface area contributed by atoms with Gasteiger partial charge in [-0.2, -0.15) is 9.36 Å². The fourth-order valence-corrected chi connectivity index (χ4v) is 5.21. The van der Waals surface area contributed by atoms with Gasteiger partial charge < -0.3 is 10.2 Å². The molecule has 1 atom stereocenters. The minimum absolute atomic E-state index is 0.255. The number of rotatable bonds is 9. The lowest BCUT2D eigenvalue weighted by Gasteiger charge is -2.38. The highest BCUT2D eigenvalue weighted by atomic mass is 35.5. The largest absolute Gasteiger partial charge is 0.367 e. The molecular formula is C22H31ClN8S. The van der Waals surface area contributed by atoms with Crippen molar-refractivity contribution in [2.24, 2.45) is 5.92 Å². The molecule has 10 heteroatoms. The molecule has 4 rings (SSSR count). The van der Waals surface area contributed by atoms with E-state index in [-0.39, 0.29) is 11.2 Å². The summed E-state index contributed by atoms with van der Waals surface area (Å²) in [5, 5.41) is 18.8. The van der Waals surface area contributed by atoms with Crippen LogP contribution < -0.4 is 10.2 Å². The van der Waals surface area contributed by atoms with E-state index in [0.717, 1.165) is 24.5 Å².